The zero-order chi connectivity index (χ0) is 15.6. The van der Waals surface area contributed by atoms with E-state index in [4.69, 9.17) is 17.0 Å². The van der Waals surface area contributed by atoms with E-state index in [0.717, 1.165) is 12.1 Å². The SMILES string of the molecule is C[C@@H]1CN(C(=S)Nc2cccc(C(F)(F)F)c2)C[C@H](C)O1. The lowest BCUT2D eigenvalue weighted by Crippen LogP contribution is -2.49. The Morgan fingerprint density at radius 2 is 1.90 bits per heavy atom. The summed E-state index contributed by atoms with van der Waals surface area (Å²) in [6.07, 6.45) is -4.29. The molecule has 21 heavy (non-hydrogen) atoms. The Balaban J connectivity index is 2.06. The lowest BCUT2D eigenvalue weighted by atomic mass is 10.2. The van der Waals surface area contributed by atoms with Crippen LogP contribution in [0, 0.1) is 0 Å². The van der Waals surface area contributed by atoms with Crippen molar-refractivity contribution in [2.45, 2.75) is 32.2 Å². The van der Waals surface area contributed by atoms with Gasteiger partial charge in [0.1, 0.15) is 0 Å². The van der Waals surface area contributed by atoms with Crippen LogP contribution in [0.5, 0.6) is 0 Å². The first kappa shape index (κ1) is 16.0. The summed E-state index contributed by atoms with van der Waals surface area (Å²) in [5, 5.41) is 3.28. The molecule has 0 amide bonds. The number of thiocarbonyl (C=S) groups is 1. The van der Waals surface area contributed by atoms with Gasteiger partial charge in [0, 0.05) is 18.8 Å². The van der Waals surface area contributed by atoms with Crippen molar-refractivity contribution in [3.8, 4) is 0 Å². The monoisotopic (exact) mass is 318 g/mol. The van der Waals surface area contributed by atoms with Crippen molar-refractivity contribution in [1.82, 2.24) is 4.90 Å². The average molecular weight is 318 g/mol. The van der Waals surface area contributed by atoms with Gasteiger partial charge >= 0.3 is 6.18 Å². The fourth-order valence-corrected chi connectivity index (χ4v) is 2.59. The molecule has 0 aliphatic carbocycles. The molecule has 0 spiro atoms. The summed E-state index contributed by atoms with van der Waals surface area (Å²) in [4.78, 5) is 1.91. The highest BCUT2D eigenvalue weighted by atomic mass is 32.1. The Bertz CT molecular complexity index is 511. The van der Waals surface area contributed by atoms with E-state index in [-0.39, 0.29) is 12.2 Å². The van der Waals surface area contributed by atoms with Crippen LogP contribution in [0.15, 0.2) is 24.3 Å². The molecule has 116 valence electrons. The van der Waals surface area contributed by atoms with Crippen LogP contribution in [-0.4, -0.2) is 35.3 Å². The summed E-state index contributed by atoms with van der Waals surface area (Å²) >= 11 is 5.28. The van der Waals surface area contributed by atoms with Crippen molar-refractivity contribution in [2.75, 3.05) is 18.4 Å². The second-order valence-corrected chi connectivity index (χ2v) is 5.56. The second-order valence-electron chi connectivity index (χ2n) is 5.17. The normalized spacial score (nSPS) is 23.0. The zero-order valence-corrected chi connectivity index (χ0v) is 12.6. The molecule has 0 unspecified atom stereocenters. The lowest BCUT2D eigenvalue weighted by molar-refractivity contribution is -0.137. The minimum Gasteiger partial charge on any atom is -0.372 e. The van der Waals surface area contributed by atoms with Crippen molar-refractivity contribution in [1.29, 1.82) is 0 Å². The van der Waals surface area contributed by atoms with Crippen LogP contribution in [0.4, 0.5) is 18.9 Å². The summed E-state index contributed by atoms with van der Waals surface area (Å²) in [6, 6.07) is 5.01. The van der Waals surface area contributed by atoms with Gasteiger partial charge in [-0.05, 0) is 44.3 Å². The van der Waals surface area contributed by atoms with E-state index in [0.29, 0.717) is 23.9 Å². The van der Waals surface area contributed by atoms with Gasteiger partial charge < -0.3 is 15.0 Å². The first-order valence-electron chi connectivity index (χ1n) is 6.64. The minimum absolute atomic E-state index is 0.0370. The summed E-state index contributed by atoms with van der Waals surface area (Å²) < 4.78 is 43.6. The number of rotatable bonds is 1. The molecule has 1 aromatic rings. The molecular weight excluding hydrogens is 301 g/mol. The topological polar surface area (TPSA) is 24.5 Å². The van der Waals surface area contributed by atoms with E-state index in [1.54, 1.807) is 6.07 Å². The molecule has 1 heterocycles. The molecule has 7 heteroatoms. The highest BCUT2D eigenvalue weighted by Crippen LogP contribution is 2.30. The fourth-order valence-electron chi connectivity index (χ4n) is 2.32. The summed E-state index contributed by atoms with van der Waals surface area (Å²) in [7, 11) is 0. The maximum atomic E-state index is 12.7. The standard InChI is InChI=1S/C14H17F3N2OS/c1-9-7-19(8-10(2)20-9)13(21)18-12-5-3-4-11(6-12)14(15,16)17/h3-6,9-10H,7-8H2,1-2H3,(H,18,21)/t9-,10+. The fraction of sp³-hybridized carbons (Fsp3) is 0.500. The number of morpholine rings is 1. The molecule has 0 saturated carbocycles. The Morgan fingerprint density at radius 3 is 2.48 bits per heavy atom. The van der Waals surface area contributed by atoms with Crippen molar-refractivity contribution in [3.63, 3.8) is 0 Å². The lowest BCUT2D eigenvalue weighted by Gasteiger charge is -2.36. The smallest absolute Gasteiger partial charge is 0.372 e. The number of ether oxygens (including phenoxy) is 1. The van der Waals surface area contributed by atoms with E-state index in [1.165, 1.54) is 6.07 Å². The van der Waals surface area contributed by atoms with E-state index < -0.39 is 11.7 Å². The van der Waals surface area contributed by atoms with Crippen molar-refractivity contribution < 1.29 is 17.9 Å². The van der Waals surface area contributed by atoms with Gasteiger partial charge in [-0.15, -0.1) is 0 Å². The average Bonchev–Trinajstić information content (AvgIpc) is 2.37. The van der Waals surface area contributed by atoms with Crippen LogP contribution in [0.2, 0.25) is 0 Å². The van der Waals surface area contributed by atoms with Gasteiger partial charge in [-0.3, -0.25) is 0 Å². The highest BCUT2D eigenvalue weighted by Gasteiger charge is 2.30. The molecule has 2 rings (SSSR count). The van der Waals surface area contributed by atoms with Crippen LogP contribution >= 0.6 is 12.2 Å². The molecule has 1 saturated heterocycles. The maximum Gasteiger partial charge on any atom is 0.416 e. The maximum absolute atomic E-state index is 12.7. The second kappa shape index (κ2) is 6.19. The van der Waals surface area contributed by atoms with Crippen LogP contribution < -0.4 is 5.32 Å². The highest BCUT2D eigenvalue weighted by molar-refractivity contribution is 7.80. The summed E-state index contributed by atoms with van der Waals surface area (Å²) in [6.45, 7) is 5.12. The number of alkyl halides is 3. The van der Waals surface area contributed by atoms with E-state index >= 15 is 0 Å². The number of nitrogens with zero attached hydrogens (tertiary/aromatic N) is 1. The number of hydrogen-bond acceptors (Lipinski definition) is 2. The molecule has 2 atom stereocenters. The Hall–Kier alpha value is -1.34. The number of anilines is 1. The van der Waals surface area contributed by atoms with Gasteiger partial charge in [-0.1, -0.05) is 6.07 Å². The van der Waals surface area contributed by atoms with Gasteiger partial charge in [0.25, 0.3) is 0 Å². The van der Waals surface area contributed by atoms with Crippen molar-refractivity contribution >= 4 is 23.0 Å². The molecule has 0 bridgehead atoms. The molecule has 1 fully saturated rings. The summed E-state index contributed by atoms with van der Waals surface area (Å²) in [5.41, 5.74) is -0.361. The molecular formula is C14H17F3N2OS. The van der Waals surface area contributed by atoms with E-state index in [9.17, 15) is 13.2 Å². The first-order valence-corrected chi connectivity index (χ1v) is 7.05. The quantitative estimate of drug-likeness (QED) is 0.801. The van der Waals surface area contributed by atoms with E-state index in [1.807, 2.05) is 18.7 Å². The van der Waals surface area contributed by atoms with Crippen LogP contribution in [-0.2, 0) is 10.9 Å². The van der Waals surface area contributed by atoms with Crippen molar-refractivity contribution in [3.05, 3.63) is 29.8 Å². The largest absolute Gasteiger partial charge is 0.416 e. The Kier molecular flexibility index (Phi) is 4.73. The number of nitrogens with one attached hydrogen (secondary N) is 1. The van der Waals surface area contributed by atoms with E-state index in [2.05, 4.69) is 5.32 Å². The third-order valence-electron chi connectivity index (χ3n) is 3.15. The third-order valence-corrected chi connectivity index (χ3v) is 3.51. The Morgan fingerprint density at radius 1 is 1.29 bits per heavy atom. The van der Waals surface area contributed by atoms with Crippen LogP contribution in [0.1, 0.15) is 19.4 Å². The molecule has 1 aliphatic heterocycles. The molecule has 1 aromatic carbocycles. The van der Waals surface area contributed by atoms with Gasteiger partial charge in [0.05, 0.1) is 17.8 Å². The van der Waals surface area contributed by atoms with Gasteiger partial charge in [0.15, 0.2) is 5.11 Å². The first-order chi connectivity index (χ1) is 9.75. The molecule has 1 aliphatic rings. The van der Waals surface area contributed by atoms with Gasteiger partial charge in [-0.2, -0.15) is 13.2 Å². The third kappa shape index (κ3) is 4.31. The van der Waals surface area contributed by atoms with Crippen molar-refractivity contribution in [2.24, 2.45) is 0 Å². The zero-order valence-electron chi connectivity index (χ0n) is 11.8. The molecule has 3 nitrogen and oxygen atoms in total. The van der Waals surface area contributed by atoms with Gasteiger partial charge in [-0.25, -0.2) is 0 Å². The predicted molar refractivity (Wildman–Crippen MR) is 79.2 cm³/mol. The van der Waals surface area contributed by atoms with Crippen LogP contribution in [0.3, 0.4) is 0 Å². The number of benzene rings is 1. The number of halogens is 3. The Labute approximate surface area is 127 Å². The molecule has 1 N–H and O–H groups in total. The van der Waals surface area contributed by atoms with Gasteiger partial charge in [0.2, 0.25) is 0 Å². The molecule has 0 aromatic heterocycles. The summed E-state index contributed by atoms with van der Waals surface area (Å²) in [5.74, 6) is 0. The molecule has 0 radical (unpaired) electrons. The predicted octanol–water partition coefficient (Wildman–Crippen LogP) is 3.51. The van der Waals surface area contributed by atoms with Crippen LogP contribution in [0.25, 0.3) is 0 Å². The number of hydrogen-bond donors (Lipinski definition) is 1. The minimum atomic E-state index is -4.36.